The number of aliphatic hydroxyl groups excluding tert-OH is 1. The number of carboxylic acid groups (broad SMARTS) is 1. The average molecular weight is 654 g/mol. The number of benzene rings is 3. The molecule has 0 heterocycles. The Morgan fingerprint density at radius 2 is 1.60 bits per heavy atom. The quantitative estimate of drug-likeness (QED) is 0.170. The molecule has 0 saturated carbocycles. The van der Waals surface area contributed by atoms with Gasteiger partial charge >= 0.3 is 18.4 Å². The molecule has 47 heavy (non-hydrogen) atoms. The molecule has 12 heteroatoms. The first kappa shape index (κ1) is 35.0. The summed E-state index contributed by atoms with van der Waals surface area (Å²) in [5, 5.41) is 23.7. The number of anilines is 1. The third kappa shape index (κ3) is 10.1. The van der Waals surface area contributed by atoms with Gasteiger partial charge in [-0.15, -0.1) is 13.2 Å². The van der Waals surface area contributed by atoms with Gasteiger partial charge in [0.15, 0.2) is 6.10 Å². The minimum absolute atomic E-state index is 0.117. The van der Waals surface area contributed by atoms with Crippen molar-refractivity contribution in [2.24, 2.45) is 5.92 Å². The third-order valence-corrected chi connectivity index (χ3v) is 7.80. The summed E-state index contributed by atoms with van der Waals surface area (Å²) in [5.41, 5.74) is 4.50. The van der Waals surface area contributed by atoms with E-state index in [1.165, 1.54) is 42.0 Å². The van der Waals surface area contributed by atoms with Crippen LogP contribution in [0.3, 0.4) is 0 Å². The van der Waals surface area contributed by atoms with Crippen molar-refractivity contribution in [3.05, 3.63) is 101 Å². The van der Waals surface area contributed by atoms with E-state index >= 15 is 0 Å². The lowest BCUT2D eigenvalue weighted by Crippen LogP contribution is -2.42. The third-order valence-electron chi connectivity index (χ3n) is 7.80. The number of amides is 3. The fraction of sp³-hybridized carbons (Fsp3) is 0.343. The predicted molar refractivity (Wildman–Crippen MR) is 171 cm³/mol. The van der Waals surface area contributed by atoms with Crippen LogP contribution in [-0.2, 0) is 11.3 Å². The van der Waals surface area contributed by atoms with Crippen LogP contribution in [0.2, 0.25) is 0 Å². The van der Waals surface area contributed by atoms with E-state index < -0.39 is 43.0 Å². The van der Waals surface area contributed by atoms with Crippen molar-refractivity contribution in [2.75, 3.05) is 11.4 Å². The summed E-state index contributed by atoms with van der Waals surface area (Å²) in [6.45, 7) is 3.45. The molecular weight excluding hydrogens is 615 g/mol. The van der Waals surface area contributed by atoms with Gasteiger partial charge in [0, 0.05) is 11.3 Å². The molecule has 9 nitrogen and oxygen atoms in total. The van der Waals surface area contributed by atoms with Crippen molar-refractivity contribution < 1.29 is 42.5 Å². The van der Waals surface area contributed by atoms with Crippen molar-refractivity contribution in [3.8, 4) is 5.75 Å². The molecule has 0 radical (unpaired) electrons. The van der Waals surface area contributed by atoms with Gasteiger partial charge in [0.05, 0.1) is 19.1 Å². The lowest BCUT2D eigenvalue weighted by molar-refractivity contribution is -0.274. The molecule has 0 aromatic heterocycles. The number of nitrogens with zero attached hydrogens (tertiary/aromatic N) is 1. The number of urea groups is 1. The van der Waals surface area contributed by atoms with Crippen molar-refractivity contribution in [3.63, 3.8) is 0 Å². The molecule has 3 aromatic carbocycles. The number of aliphatic hydroxyl groups is 1. The van der Waals surface area contributed by atoms with Gasteiger partial charge in [-0.3, -0.25) is 9.69 Å². The molecule has 2 atom stereocenters. The molecule has 0 aliphatic heterocycles. The summed E-state index contributed by atoms with van der Waals surface area (Å²) < 4.78 is 42.0. The summed E-state index contributed by atoms with van der Waals surface area (Å²) in [6, 6.07) is 18.5. The fourth-order valence-corrected chi connectivity index (χ4v) is 5.28. The fourth-order valence-electron chi connectivity index (χ4n) is 5.28. The Balaban J connectivity index is 1.56. The first-order valence-electron chi connectivity index (χ1n) is 15.3. The van der Waals surface area contributed by atoms with E-state index in [1.54, 1.807) is 17.0 Å². The summed E-state index contributed by atoms with van der Waals surface area (Å²) >= 11 is 0. The number of hydrogen-bond donors (Lipinski definition) is 4. The number of carboxylic acids is 1. The number of alkyl halides is 3. The monoisotopic (exact) mass is 653 g/mol. The molecule has 0 bridgehead atoms. The zero-order valence-electron chi connectivity index (χ0n) is 26.1. The highest BCUT2D eigenvalue weighted by Crippen LogP contribution is 2.30. The van der Waals surface area contributed by atoms with E-state index in [0.29, 0.717) is 16.8 Å². The molecule has 0 saturated heterocycles. The van der Waals surface area contributed by atoms with Gasteiger partial charge in [0.2, 0.25) is 0 Å². The SMILES string of the molecule is CC(C)C(NC(=O)N(Cc1ccc(C(=O)NC[C@@H](O)C(=O)O)cc1)c1ccc(C2=CCCCC2)cc1)c1ccc(OC(F)(F)F)cc1. The Morgan fingerprint density at radius 3 is 2.15 bits per heavy atom. The maximum Gasteiger partial charge on any atom is 0.573 e. The molecular formula is C35H38F3N3O6. The second kappa shape index (κ2) is 15.6. The first-order valence-corrected chi connectivity index (χ1v) is 15.3. The van der Waals surface area contributed by atoms with Crippen molar-refractivity contribution in [1.82, 2.24) is 10.6 Å². The molecule has 1 unspecified atom stereocenters. The normalized spacial score (nSPS) is 14.5. The lowest BCUT2D eigenvalue weighted by atomic mass is 9.93. The van der Waals surface area contributed by atoms with Crippen LogP contribution in [0.1, 0.15) is 72.6 Å². The minimum atomic E-state index is -4.82. The number of aliphatic carboxylic acids is 1. The van der Waals surface area contributed by atoms with Crippen molar-refractivity contribution >= 4 is 29.2 Å². The van der Waals surface area contributed by atoms with E-state index in [0.717, 1.165) is 31.2 Å². The Bertz CT molecular complexity index is 1560. The van der Waals surface area contributed by atoms with Crippen LogP contribution in [0.15, 0.2) is 78.9 Å². The molecule has 3 amide bonds. The number of carbonyl (C=O) groups excluding carboxylic acids is 2. The number of hydrogen-bond acceptors (Lipinski definition) is 5. The zero-order valence-corrected chi connectivity index (χ0v) is 26.1. The van der Waals surface area contributed by atoms with Gasteiger partial charge in [0.1, 0.15) is 5.75 Å². The molecule has 4 rings (SSSR count). The van der Waals surface area contributed by atoms with Crippen LogP contribution >= 0.6 is 0 Å². The second-order valence-corrected chi connectivity index (χ2v) is 11.7. The number of allylic oxidation sites excluding steroid dienone is 2. The van der Waals surface area contributed by atoms with Gasteiger partial charge < -0.3 is 25.6 Å². The predicted octanol–water partition coefficient (Wildman–Crippen LogP) is 6.83. The van der Waals surface area contributed by atoms with Crippen LogP contribution < -0.4 is 20.3 Å². The zero-order chi connectivity index (χ0) is 34.1. The van der Waals surface area contributed by atoms with E-state index in [1.807, 2.05) is 38.1 Å². The van der Waals surface area contributed by atoms with Gasteiger partial charge in [-0.05, 0) is 90.3 Å². The smallest absolute Gasteiger partial charge is 0.479 e. The second-order valence-electron chi connectivity index (χ2n) is 11.7. The van der Waals surface area contributed by atoms with Crippen molar-refractivity contribution in [2.45, 2.75) is 64.6 Å². The maximum atomic E-state index is 14.0. The van der Waals surface area contributed by atoms with Crippen LogP contribution in [0.4, 0.5) is 23.7 Å². The first-order chi connectivity index (χ1) is 22.3. The van der Waals surface area contributed by atoms with Gasteiger partial charge in [0.25, 0.3) is 5.91 Å². The maximum absolute atomic E-state index is 14.0. The Morgan fingerprint density at radius 1 is 0.936 bits per heavy atom. The van der Waals surface area contributed by atoms with Gasteiger partial charge in [-0.25, -0.2) is 9.59 Å². The van der Waals surface area contributed by atoms with Gasteiger partial charge in [-0.2, -0.15) is 0 Å². The molecule has 3 aromatic rings. The van der Waals surface area contributed by atoms with E-state index in [-0.39, 0.29) is 23.8 Å². The largest absolute Gasteiger partial charge is 0.573 e. The molecule has 0 fully saturated rings. The van der Waals surface area contributed by atoms with Crippen LogP contribution in [0.5, 0.6) is 5.75 Å². The number of ether oxygens (including phenoxy) is 1. The Labute approximate surface area is 271 Å². The average Bonchev–Trinajstić information content (AvgIpc) is 3.05. The molecule has 1 aliphatic carbocycles. The summed E-state index contributed by atoms with van der Waals surface area (Å²) in [4.78, 5) is 38.8. The molecule has 1 aliphatic rings. The highest BCUT2D eigenvalue weighted by atomic mass is 19.4. The Kier molecular flexibility index (Phi) is 11.7. The molecule has 250 valence electrons. The number of halogens is 3. The number of rotatable bonds is 12. The minimum Gasteiger partial charge on any atom is -0.479 e. The van der Waals surface area contributed by atoms with Crippen molar-refractivity contribution in [1.29, 1.82) is 0 Å². The Hall–Kier alpha value is -4.84. The topological polar surface area (TPSA) is 128 Å². The summed E-state index contributed by atoms with van der Waals surface area (Å²) in [5.74, 6) is -2.49. The van der Waals surface area contributed by atoms with Crippen LogP contribution in [0, 0.1) is 5.92 Å². The standard InChI is InChI=1S/C35H38F3N3O6/c1-22(2)31(26-14-18-29(19-15-26)47-35(36,37)38)40-34(46)41(28-16-12-25(13-17-28)24-6-4-3-5-7-24)21-23-8-10-27(11-9-23)32(43)39-20-30(42)33(44)45/h6,8-19,22,30-31,42H,3-5,7,20-21H2,1-2H3,(H,39,43)(H,40,46)(H,44,45)/t30-,31?/m1/s1. The van der Waals surface area contributed by atoms with Gasteiger partial charge in [-0.1, -0.05) is 56.3 Å². The molecule has 4 N–H and O–H groups in total. The highest BCUT2D eigenvalue weighted by Gasteiger charge is 2.31. The summed E-state index contributed by atoms with van der Waals surface area (Å²) in [7, 11) is 0. The number of carbonyl (C=O) groups is 3. The van der Waals surface area contributed by atoms with E-state index in [2.05, 4.69) is 21.4 Å². The van der Waals surface area contributed by atoms with E-state index in [4.69, 9.17) is 5.11 Å². The lowest BCUT2D eigenvalue weighted by Gasteiger charge is -2.29. The summed E-state index contributed by atoms with van der Waals surface area (Å²) in [6.07, 6.45) is -0.0117. The van der Waals surface area contributed by atoms with Crippen LogP contribution in [0.25, 0.3) is 5.57 Å². The number of nitrogens with one attached hydrogen (secondary N) is 2. The molecule has 0 spiro atoms. The highest BCUT2D eigenvalue weighted by molar-refractivity contribution is 5.95. The van der Waals surface area contributed by atoms with E-state index in [9.17, 15) is 32.7 Å². The van der Waals surface area contributed by atoms with Crippen LogP contribution in [-0.4, -0.2) is 47.1 Å².